The zero-order chi connectivity index (χ0) is 13.4. The van der Waals surface area contributed by atoms with Gasteiger partial charge in [-0.2, -0.15) is 0 Å². The molecule has 98 valence electrons. The van der Waals surface area contributed by atoms with E-state index in [0.29, 0.717) is 23.6 Å². The summed E-state index contributed by atoms with van der Waals surface area (Å²) in [7, 11) is 0. The van der Waals surface area contributed by atoms with Crippen LogP contribution in [0.3, 0.4) is 0 Å². The van der Waals surface area contributed by atoms with Gasteiger partial charge in [0, 0.05) is 17.1 Å². The number of benzene rings is 1. The van der Waals surface area contributed by atoms with Crippen molar-refractivity contribution in [3.05, 3.63) is 52.1 Å². The highest BCUT2D eigenvalue weighted by atomic mass is 35.5. The number of carboxylic acid groups (broad SMARTS) is 1. The number of aliphatic carboxylic acids is 1. The van der Waals surface area contributed by atoms with Crippen LogP contribution in [0.25, 0.3) is 0 Å². The van der Waals surface area contributed by atoms with Crippen molar-refractivity contribution in [3.63, 3.8) is 0 Å². The molecule has 1 aliphatic carbocycles. The zero-order valence-corrected chi connectivity index (χ0v) is 10.9. The van der Waals surface area contributed by atoms with E-state index in [4.69, 9.17) is 16.7 Å². The second kappa shape index (κ2) is 4.70. The predicted molar refractivity (Wildman–Crippen MR) is 71.5 cm³/mol. The molecule has 0 amide bonds. The van der Waals surface area contributed by atoms with Gasteiger partial charge in [0.25, 0.3) is 0 Å². The number of imidazole rings is 1. The van der Waals surface area contributed by atoms with E-state index in [1.54, 1.807) is 0 Å². The van der Waals surface area contributed by atoms with Gasteiger partial charge in [-0.1, -0.05) is 23.7 Å². The molecule has 0 radical (unpaired) electrons. The first-order valence-electron chi connectivity index (χ1n) is 6.18. The summed E-state index contributed by atoms with van der Waals surface area (Å²) in [4.78, 5) is 18.8. The lowest BCUT2D eigenvalue weighted by atomic mass is 10.1. The molecule has 4 nitrogen and oxygen atoms in total. The summed E-state index contributed by atoms with van der Waals surface area (Å²) in [6, 6.07) is 7.58. The Hall–Kier alpha value is -1.81. The molecular formula is C14H13ClN2O2. The SMILES string of the molecule is O=C(O)C1CCc2[nH]c(Cc3ccc(Cl)cc3)nc21. The predicted octanol–water partition coefficient (Wildman–Crippen LogP) is 2.77. The smallest absolute Gasteiger partial charge is 0.312 e. The third-order valence-corrected chi connectivity index (χ3v) is 3.71. The van der Waals surface area contributed by atoms with Crippen molar-refractivity contribution in [1.82, 2.24) is 9.97 Å². The lowest BCUT2D eigenvalue weighted by molar-refractivity contribution is -0.138. The number of hydrogen-bond acceptors (Lipinski definition) is 2. The van der Waals surface area contributed by atoms with Crippen LogP contribution in [0.4, 0.5) is 0 Å². The maximum absolute atomic E-state index is 11.1. The van der Waals surface area contributed by atoms with Crippen LogP contribution in [-0.2, 0) is 17.6 Å². The summed E-state index contributed by atoms with van der Waals surface area (Å²) in [5.41, 5.74) is 2.77. The molecule has 1 aliphatic rings. The Balaban J connectivity index is 1.82. The molecule has 0 saturated heterocycles. The standard InChI is InChI=1S/C14H13ClN2O2/c15-9-3-1-8(2-4-9)7-12-16-11-6-5-10(14(18)19)13(11)17-12/h1-4,10H,5-7H2,(H,16,17)(H,18,19). The molecule has 2 aromatic rings. The first kappa shape index (κ1) is 12.2. The number of H-pyrrole nitrogens is 1. The van der Waals surface area contributed by atoms with Crippen molar-refractivity contribution in [2.24, 2.45) is 0 Å². The van der Waals surface area contributed by atoms with Gasteiger partial charge in [-0.05, 0) is 30.5 Å². The quantitative estimate of drug-likeness (QED) is 0.906. The number of aryl methyl sites for hydroxylation is 1. The minimum atomic E-state index is -0.789. The van der Waals surface area contributed by atoms with Crippen LogP contribution in [0.5, 0.6) is 0 Å². The fraction of sp³-hybridized carbons (Fsp3) is 0.286. The molecule has 1 unspecified atom stereocenters. The van der Waals surface area contributed by atoms with Gasteiger partial charge < -0.3 is 10.1 Å². The number of carbonyl (C=O) groups is 1. The highest BCUT2D eigenvalue weighted by Gasteiger charge is 2.31. The number of carboxylic acids is 1. The summed E-state index contributed by atoms with van der Waals surface area (Å²) in [6.45, 7) is 0. The summed E-state index contributed by atoms with van der Waals surface area (Å²) in [5, 5.41) is 9.83. The Morgan fingerprint density at radius 3 is 2.84 bits per heavy atom. The Kier molecular flexibility index (Phi) is 3.03. The molecule has 1 heterocycles. The average Bonchev–Trinajstić information content (AvgIpc) is 2.91. The fourth-order valence-corrected chi connectivity index (χ4v) is 2.63. The third-order valence-electron chi connectivity index (χ3n) is 3.46. The van der Waals surface area contributed by atoms with E-state index in [1.165, 1.54) is 0 Å². The van der Waals surface area contributed by atoms with Crippen LogP contribution >= 0.6 is 11.6 Å². The number of nitrogens with zero attached hydrogens (tertiary/aromatic N) is 1. The molecular weight excluding hydrogens is 264 g/mol. The van der Waals surface area contributed by atoms with Crippen molar-refractivity contribution < 1.29 is 9.90 Å². The van der Waals surface area contributed by atoms with E-state index in [2.05, 4.69) is 9.97 Å². The van der Waals surface area contributed by atoms with Crippen LogP contribution < -0.4 is 0 Å². The Morgan fingerprint density at radius 1 is 1.42 bits per heavy atom. The van der Waals surface area contributed by atoms with E-state index < -0.39 is 11.9 Å². The van der Waals surface area contributed by atoms with Gasteiger partial charge in [-0.3, -0.25) is 4.79 Å². The van der Waals surface area contributed by atoms with Crippen LogP contribution in [0.15, 0.2) is 24.3 Å². The van der Waals surface area contributed by atoms with Crippen LogP contribution in [-0.4, -0.2) is 21.0 Å². The number of rotatable bonds is 3. The molecule has 5 heteroatoms. The molecule has 19 heavy (non-hydrogen) atoms. The van der Waals surface area contributed by atoms with Crippen molar-refractivity contribution in [1.29, 1.82) is 0 Å². The number of halogens is 1. The molecule has 2 N–H and O–H groups in total. The van der Waals surface area contributed by atoms with Crippen molar-refractivity contribution in [2.45, 2.75) is 25.2 Å². The minimum Gasteiger partial charge on any atom is -0.481 e. The molecule has 0 aliphatic heterocycles. The van der Waals surface area contributed by atoms with E-state index in [-0.39, 0.29) is 0 Å². The summed E-state index contributed by atoms with van der Waals surface area (Å²) in [6.07, 6.45) is 2.07. The lowest BCUT2D eigenvalue weighted by Gasteiger charge is -2.02. The number of aromatic nitrogens is 2. The molecule has 0 fully saturated rings. The van der Waals surface area contributed by atoms with Gasteiger partial charge in [0.1, 0.15) is 11.7 Å². The second-order valence-corrected chi connectivity index (χ2v) is 5.22. The van der Waals surface area contributed by atoms with Gasteiger partial charge in [0.2, 0.25) is 0 Å². The zero-order valence-electron chi connectivity index (χ0n) is 10.2. The molecule has 0 spiro atoms. The van der Waals surface area contributed by atoms with Gasteiger partial charge in [-0.15, -0.1) is 0 Å². The van der Waals surface area contributed by atoms with Gasteiger partial charge in [0.15, 0.2) is 0 Å². The topological polar surface area (TPSA) is 66.0 Å². The number of aromatic amines is 1. The number of fused-ring (bicyclic) bond motifs is 1. The number of hydrogen-bond donors (Lipinski definition) is 2. The first-order chi connectivity index (χ1) is 9.13. The maximum atomic E-state index is 11.1. The monoisotopic (exact) mass is 276 g/mol. The summed E-state index contributed by atoms with van der Waals surface area (Å²) >= 11 is 5.84. The normalized spacial score (nSPS) is 17.4. The van der Waals surface area contributed by atoms with Gasteiger partial charge in [-0.25, -0.2) is 4.98 Å². The molecule has 3 rings (SSSR count). The molecule has 1 aromatic heterocycles. The second-order valence-electron chi connectivity index (χ2n) is 4.78. The highest BCUT2D eigenvalue weighted by Crippen LogP contribution is 2.31. The molecule has 1 aromatic carbocycles. The van der Waals surface area contributed by atoms with E-state index >= 15 is 0 Å². The van der Waals surface area contributed by atoms with Crippen molar-refractivity contribution >= 4 is 17.6 Å². The van der Waals surface area contributed by atoms with Gasteiger partial charge in [0.05, 0.1) is 5.69 Å². The Morgan fingerprint density at radius 2 is 2.16 bits per heavy atom. The average molecular weight is 277 g/mol. The largest absolute Gasteiger partial charge is 0.481 e. The molecule has 0 bridgehead atoms. The van der Waals surface area contributed by atoms with E-state index in [1.807, 2.05) is 24.3 Å². The third kappa shape index (κ3) is 2.36. The van der Waals surface area contributed by atoms with Gasteiger partial charge >= 0.3 is 5.97 Å². The van der Waals surface area contributed by atoms with Crippen molar-refractivity contribution in [3.8, 4) is 0 Å². The van der Waals surface area contributed by atoms with Crippen LogP contribution in [0.1, 0.15) is 35.1 Å². The molecule has 1 atom stereocenters. The van der Waals surface area contributed by atoms with Crippen molar-refractivity contribution in [2.75, 3.05) is 0 Å². The van der Waals surface area contributed by atoms with Crippen LogP contribution in [0, 0.1) is 0 Å². The summed E-state index contributed by atoms with van der Waals surface area (Å²) in [5.74, 6) is -0.424. The van der Waals surface area contributed by atoms with E-state index in [0.717, 1.165) is 23.5 Å². The lowest BCUT2D eigenvalue weighted by Crippen LogP contribution is -2.08. The molecule has 0 saturated carbocycles. The van der Waals surface area contributed by atoms with E-state index in [9.17, 15) is 4.79 Å². The van der Waals surface area contributed by atoms with Crippen LogP contribution in [0.2, 0.25) is 5.02 Å². The summed E-state index contributed by atoms with van der Waals surface area (Å²) < 4.78 is 0. The minimum absolute atomic E-state index is 0.454. The Labute approximate surface area is 115 Å². The fourth-order valence-electron chi connectivity index (χ4n) is 2.50. The Bertz CT molecular complexity index is 619. The number of nitrogens with one attached hydrogen (secondary N) is 1. The maximum Gasteiger partial charge on any atom is 0.312 e. The highest BCUT2D eigenvalue weighted by molar-refractivity contribution is 6.30. The first-order valence-corrected chi connectivity index (χ1v) is 6.56.